The Morgan fingerprint density at radius 3 is 2.84 bits per heavy atom. The maximum Gasteiger partial charge on any atom is 0.277 e. The summed E-state index contributed by atoms with van der Waals surface area (Å²) in [6.45, 7) is 0.626. The number of oxazole rings is 1. The van der Waals surface area contributed by atoms with Gasteiger partial charge in [-0.15, -0.1) is 0 Å². The van der Waals surface area contributed by atoms with Crippen molar-refractivity contribution in [2.24, 2.45) is 0 Å². The molecular formula is C21H24N8O3. The number of carbonyl (C=O) groups excluding carboxylic acids is 1. The fraction of sp³-hybridized carbons (Fsp3) is 0.381. The highest BCUT2D eigenvalue weighted by Crippen LogP contribution is 2.32. The van der Waals surface area contributed by atoms with E-state index >= 15 is 0 Å². The van der Waals surface area contributed by atoms with Gasteiger partial charge in [-0.25, -0.2) is 9.99 Å². The van der Waals surface area contributed by atoms with Crippen molar-refractivity contribution < 1.29 is 14.3 Å². The highest BCUT2D eigenvalue weighted by Gasteiger charge is 2.25. The third kappa shape index (κ3) is 4.12. The molecule has 0 bridgehead atoms. The van der Waals surface area contributed by atoms with Crippen LogP contribution in [0.5, 0.6) is 0 Å². The summed E-state index contributed by atoms with van der Waals surface area (Å²) >= 11 is 0. The quantitative estimate of drug-likeness (QED) is 0.548. The Balaban J connectivity index is 1.40. The van der Waals surface area contributed by atoms with Crippen molar-refractivity contribution in [3.63, 3.8) is 0 Å². The summed E-state index contributed by atoms with van der Waals surface area (Å²) in [5.41, 5.74) is 5.69. The van der Waals surface area contributed by atoms with E-state index in [1.165, 1.54) is 6.26 Å². The van der Waals surface area contributed by atoms with Gasteiger partial charge in [0.15, 0.2) is 5.69 Å². The molecule has 11 nitrogen and oxygen atoms in total. The minimum absolute atomic E-state index is 0.150. The van der Waals surface area contributed by atoms with Crippen LogP contribution in [0.25, 0.3) is 17.0 Å². The van der Waals surface area contributed by atoms with Gasteiger partial charge in [0.05, 0.1) is 24.0 Å². The molecule has 3 aromatic rings. The molecule has 4 heterocycles. The number of aliphatic hydroxyl groups excluding tert-OH is 1. The maximum atomic E-state index is 12.9. The van der Waals surface area contributed by atoms with Gasteiger partial charge in [-0.05, 0) is 25.7 Å². The first-order chi connectivity index (χ1) is 15.6. The van der Waals surface area contributed by atoms with E-state index in [0.717, 1.165) is 31.3 Å². The molecule has 0 spiro atoms. The SMILES string of the molecule is CN1CC(c2nc(C(=O)Nc3cn(C4CCC(O)CC4)nc3-c3cnccn3)co2)=CN1. The molecule has 0 aromatic carbocycles. The molecule has 0 atom stereocenters. The summed E-state index contributed by atoms with van der Waals surface area (Å²) in [6.07, 6.45) is 12.6. The number of likely N-dealkylation sites (N-methyl/N-ethyl adjacent to an activating group) is 1. The van der Waals surface area contributed by atoms with Gasteiger partial charge in [0, 0.05) is 44.0 Å². The summed E-state index contributed by atoms with van der Waals surface area (Å²) in [5.74, 6) is 0.00118. The van der Waals surface area contributed by atoms with Gasteiger partial charge in [0.1, 0.15) is 17.7 Å². The maximum absolute atomic E-state index is 12.9. The van der Waals surface area contributed by atoms with Crippen LogP contribution in [-0.4, -0.2) is 60.5 Å². The number of aliphatic hydroxyl groups is 1. The second kappa shape index (κ2) is 8.52. The number of amides is 1. The number of nitrogens with one attached hydrogen (secondary N) is 2. The zero-order valence-electron chi connectivity index (χ0n) is 17.6. The molecule has 5 rings (SSSR count). The van der Waals surface area contributed by atoms with Gasteiger partial charge >= 0.3 is 0 Å². The summed E-state index contributed by atoms with van der Waals surface area (Å²) in [5, 5.41) is 19.3. The molecule has 1 fully saturated rings. The van der Waals surface area contributed by atoms with Crippen molar-refractivity contribution in [3.05, 3.63) is 48.8 Å². The summed E-state index contributed by atoms with van der Waals surface area (Å²) in [6, 6.07) is 0.150. The zero-order chi connectivity index (χ0) is 22.1. The number of hydrogen-bond acceptors (Lipinski definition) is 9. The van der Waals surface area contributed by atoms with Crippen LogP contribution >= 0.6 is 0 Å². The van der Waals surface area contributed by atoms with Crippen molar-refractivity contribution in [2.45, 2.75) is 37.8 Å². The largest absolute Gasteiger partial charge is 0.444 e. The van der Waals surface area contributed by atoms with Gasteiger partial charge < -0.3 is 20.3 Å². The Labute approximate surface area is 184 Å². The first-order valence-electron chi connectivity index (χ1n) is 10.5. The van der Waals surface area contributed by atoms with Crippen LogP contribution in [0, 0.1) is 0 Å². The third-order valence-electron chi connectivity index (χ3n) is 5.70. The highest BCUT2D eigenvalue weighted by atomic mass is 16.3. The number of hydrazine groups is 1. The van der Waals surface area contributed by atoms with Crippen molar-refractivity contribution in [2.75, 3.05) is 18.9 Å². The lowest BCUT2D eigenvalue weighted by Gasteiger charge is -2.25. The van der Waals surface area contributed by atoms with Crippen LogP contribution in [0.1, 0.15) is 48.1 Å². The van der Waals surface area contributed by atoms with Crippen molar-refractivity contribution in [3.8, 4) is 11.4 Å². The van der Waals surface area contributed by atoms with Crippen molar-refractivity contribution in [1.82, 2.24) is 35.2 Å². The van der Waals surface area contributed by atoms with Crippen molar-refractivity contribution in [1.29, 1.82) is 0 Å². The monoisotopic (exact) mass is 436 g/mol. The number of hydrogen-bond donors (Lipinski definition) is 3. The standard InChI is InChI=1S/C21H24N8O3/c1-28-10-13(8-24-28)21-26-18(12-32-21)20(31)25-17-11-29(14-2-4-15(30)5-3-14)27-19(17)16-9-22-6-7-23-16/h6-9,11-12,14-15,24,30H,2-5,10H2,1H3,(H,25,31). The summed E-state index contributed by atoms with van der Waals surface area (Å²) in [4.78, 5) is 25.7. The minimum atomic E-state index is -0.399. The summed E-state index contributed by atoms with van der Waals surface area (Å²) in [7, 11) is 1.90. The molecule has 1 saturated carbocycles. The molecule has 0 saturated heterocycles. The van der Waals surface area contributed by atoms with Crippen molar-refractivity contribution >= 4 is 17.2 Å². The normalized spacial score (nSPS) is 21.2. The Kier molecular flexibility index (Phi) is 5.41. The number of carbonyl (C=O) groups is 1. The second-order valence-electron chi connectivity index (χ2n) is 8.07. The molecule has 2 aliphatic rings. The average molecular weight is 436 g/mol. The van der Waals surface area contributed by atoms with E-state index in [0.29, 0.717) is 29.5 Å². The molecular weight excluding hydrogens is 412 g/mol. The van der Waals surface area contributed by atoms with Crippen LogP contribution in [0.2, 0.25) is 0 Å². The van der Waals surface area contributed by atoms with Crippen LogP contribution in [-0.2, 0) is 0 Å². The van der Waals surface area contributed by atoms with Gasteiger partial charge in [-0.1, -0.05) is 0 Å². The van der Waals surface area contributed by atoms with Crippen LogP contribution in [0.3, 0.4) is 0 Å². The number of rotatable bonds is 5. The Bertz CT molecular complexity index is 1130. The molecule has 0 unspecified atom stereocenters. The Morgan fingerprint density at radius 1 is 1.28 bits per heavy atom. The lowest BCUT2D eigenvalue weighted by atomic mass is 9.93. The van der Waals surface area contributed by atoms with E-state index in [2.05, 4.69) is 25.7 Å². The van der Waals surface area contributed by atoms with E-state index in [-0.39, 0.29) is 17.8 Å². The number of aromatic nitrogens is 5. The first-order valence-corrected chi connectivity index (χ1v) is 10.5. The molecule has 3 aromatic heterocycles. The third-order valence-corrected chi connectivity index (χ3v) is 5.70. The van der Waals surface area contributed by atoms with Crippen LogP contribution < -0.4 is 10.7 Å². The predicted molar refractivity (Wildman–Crippen MR) is 115 cm³/mol. The molecule has 3 N–H and O–H groups in total. The average Bonchev–Trinajstić information content (AvgIpc) is 3.54. The first kappa shape index (κ1) is 20.3. The molecule has 1 aliphatic carbocycles. The van der Waals surface area contributed by atoms with Crippen LogP contribution in [0.15, 0.2) is 41.7 Å². The number of anilines is 1. The van der Waals surface area contributed by atoms with E-state index in [4.69, 9.17) is 9.52 Å². The number of nitrogens with zero attached hydrogens (tertiary/aromatic N) is 6. The van der Waals surface area contributed by atoms with E-state index in [1.807, 2.05) is 22.9 Å². The van der Waals surface area contributed by atoms with E-state index < -0.39 is 5.91 Å². The predicted octanol–water partition coefficient (Wildman–Crippen LogP) is 1.85. The topological polar surface area (TPSA) is 134 Å². The highest BCUT2D eigenvalue weighted by molar-refractivity contribution is 6.04. The molecule has 1 amide bonds. The smallest absolute Gasteiger partial charge is 0.277 e. The second-order valence-corrected chi connectivity index (χ2v) is 8.07. The van der Waals surface area contributed by atoms with Gasteiger partial charge in [-0.2, -0.15) is 5.10 Å². The van der Waals surface area contributed by atoms with Gasteiger partial charge in [0.25, 0.3) is 5.91 Å². The fourth-order valence-electron chi connectivity index (χ4n) is 3.98. The lowest BCUT2D eigenvalue weighted by molar-refractivity contribution is 0.102. The molecule has 1 aliphatic heterocycles. The Morgan fingerprint density at radius 2 is 2.12 bits per heavy atom. The zero-order valence-corrected chi connectivity index (χ0v) is 17.6. The van der Waals surface area contributed by atoms with Gasteiger partial charge in [0.2, 0.25) is 5.89 Å². The summed E-state index contributed by atoms with van der Waals surface area (Å²) < 4.78 is 7.36. The molecule has 32 heavy (non-hydrogen) atoms. The fourth-order valence-corrected chi connectivity index (χ4v) is 3.98. The molecule has 11 heteroatoms. The van der Waals surface area contributed by atoms with Gasteiger partial charge in [-0.3, -0.25) is 19.4 Å². The molecule has 166 valence electrons. The van der Waals surface area contributed by atoms with E-state index in [1.54, 1.807) is 24.8 Å². The minimum Gasteiger partial charge on any atom is -0.444 e. The van der Waals surface area contributed by atoms with E-state index in [9.17, 15) is 9.90 Å². The molecule has 0 radical (unpaired) electrons. The Hall–Kier alpha value is -3.57. The lowest BCUT2D eigenvalue weighted by Crippen LogP contribution is -2.24. The van der Waals surface area contributed by atoms with Crippen LogP contribution in [0.4, 0.5) is 5.69 Å².